The molecule has 0 aliphatic carbocycles. The van der Waals surface area contributed by atoms with Crippen molar-refractivity contribution in [3.8, 4) is 11.5 Å². The number of rotatable bonds is 4. The van der Waals surface area contributed by atoms with Gasteiger partial charge >= 0.3 is 6.09 Å². The van der Waals surface area contributed by atoms with E-state index in [4.69, 9.17) is 24.7 Å². The zero-order valence-electron chi connectivity index (χ0n) is 23.8. The monoisotopic (exact) mass is 546 g/mol. The van der Waals surface area contributed by atoms with E-state index in [-0.39, 0.29) is 23.5 Å². The summed E-state index contributed by atoms with van der Waals surface area (Å²) in [5.74, 6) is -0.486. The molecule has 2 bridgehead atoms. The van der Waals surface area contributed by atoms with Gasteiger partial charge in [-0.1, -0.05) is 38.2 Å². The number of fused-ring (bicyclic) bond motifs is 2. The lowest BCUT2D eigenvalue weighted by atomic mass is 9.88. The molecule has 1 aromatic rings. The van der Waals surface area contributed by atoms with Crippen LogP contribution in [0, 0.1) is 11.8 Å². The summed E-state index contributed by atoms with van der Waals surface area (Å²) in [5.41, 5.74) is 7.49. The predicted molar refractivity (Wildman–Crippen MR) is 149 cm³/mol. The highest BCUT2D eigenvalue weighted by Gasteiger charge is 2.29. The summed E-state index contributed by atoms with van der Waals surface area (Å²) in [7, 11) is 4.48. The molecule has 0 spiro atoms. The van der Waals surface area contributed by atoms with Gasteiger partial charge in [0.25, 0.3) is 5.91 Å². The third-order valence-corrected chi connectivity index (χ3v) is 6.83. The summed E-state index contributed by atoms with van der Waals surface area (Å²) >= 11 is 0. The van der Waals surface area contributed by atoms with E-state index in [2.05, 4.69) is 5.32 Å². The number of carbonyl (C=O) groups excluding carboxylic acids is 2. The molecule has 216 valence electrons. The summed E-state index contributed by atoms with van der Waals surface area (Å²) in [6.07, 6.45) is 3.75. The largest absolute Gasteiger partial charge is 0.504 e. The molecule has 2 rings (SSSR count). The van der Waals surface area contributed by atoms with Gasteiger partial charge in [0, 0.05) is 43.0 Å². The molecule has 1 aliphatic rings. The average Bonchev–Trinajstić information content (AvgIpc) is 2.87. The van der Waals surface area contributed by atoms with Crippen LogP contribution < -0.4 is 15.8 Å². The van der Waals surface area contributed by atoms with Crippen LogP contribution in [0.15, 0.2) is 47.6 Å². The molecule has 5 N–H and O–H groups in total. The number of phenols is 1. The molecule has 0 radical (unpaired) electrons. The minimum absolute atomic E-state index is 0.0119. The van der Waals surface area contributed by atoms with Gasteiger partial charge in [-0.25, -0.2) is 4.79 Å². The Hall–Kier alpha value is -3.34. The zero-order valence-corrected chi connectivity index (χ0v) is 23.8. The molecule has 1 aliphatic heterocycles. The normalized spacial score (nSPS) is 30.7. The first kappa shape index (κ1) is 31.9. The van der Waals surface area contributed by atoms with Crippen LogP contribution >= 0.6 is 0 Å². The van der Waals surface area contributed by atoms with Crippen LogP contribution in [0.5, 0.6) is 11.5 Å². The van der Waals surface area contributed by atoms with E-state index in [0.717, 1.165) is 0 Å². The van der Waals surface area contributed by atoms with Crippen LogP contribution in [0.25, 0.3) is 0 Å². The van der Waals surface area contributed by atoms with Gasteiger partial charge in [0.05, 0.1) is 19.3 Å². The molecule has 0 saturated heterocycles. The number of phenolic OH excluding ortho intramolecular Hbond substituents is 1. The number of nitrogens with two attached hydrogens (primary N) is 1. The van der Waals surface area contributed by atoms with Crippen molar-refractivity contribution in [2.24, 2.45) is 17.6 Å². The minimum atomic E-state index is -0.968. The number of primary amides is 1. The summed E-state index contributed by atoms with van der Waals surface area (Å²) in [5, 5.41) is 24.5. The number of carbonyl (C=O) groups is 2. The maximum atomic E-state index is 12.9. The number of hydrogen-bond donors (Lipinski definition) is 4. The third-order valence-electron chi connectivity index (χ3n) is 6.83. The lowest BCUT2D eigenvalue weighted by molar-refractivity contribution is -0.112. The highest BCUT2D eigenvalue weighted by atomic mass is 16.6. The molecule has 10 nitrogen and oxygen atoms in total. The van der Waals surface area contributed by atoms with E-state index in [1.165, 1.54) is 20.3 Å². The molecule has 0 unspecified atom stereocenters. The lowest BCUT2D eigenvalue weighted by Crippen LogP contribution is -2.37. The molecule has 6 atom stereocenters. The summed E-state index contributed by atoms with van der Waals surface area (Å²) in [6.45, 7) is 7.27. The average molecular weight is 547 g/mol. The first-order chi connectivity index (χ1) is 18.4. The first-order valence-electron chi connectivity index (χ1n) is 12.9. The molecule has 2 amide bonds. The molecule has 1 heterocycles. The van der Waals surface area contributed by atoms with Crippen molar-refractivity contribution in [3.63, 3.8) is 0 Å². The first-order valence-corrected chi connectivity index (χ1v) is 12.9. The second-order valence-electron chi connectivity index (χ2n) is 10.0. The number of anilines is 1. The fourth-order valence-electron chi connectivity index (χ4n) is 4.77. The van der Waals surface area contributed by atoms with Gasteiger partial charge in [-0.3, -0.25) is 4.79 Å². The van der Waals surface area contributed by atoms with Crippen molar-refractivity contribution in [1.82, 2.24) is 0 Å². The number of amides is 2. The SMILES string of the molecule is COc1c(O)cc2cc1C[C@@H](C)C[C@H](OC)[C@H](O)[C@@H](C)/C=C(\C)[C@H](OC(N)=O)[C@@H](OC)/C=C\C=C(/C)C(=O)N2. The summed E-state index contributed by atoms with van der Waals surface area (Å²) < 4.78 is 22.0. The topological polar surface area (TPSA) is 150 Å². The van der Waals surface area contributed by atoms with Crippen molar-refractivity contribution in [2.45, 2.75) is 65.0 Å². The molecule has 0 aromatic heterocycles. The Morgan fingerprint density at radius 3 is 2.41 bits per heavy atom. The van der Waals surface area contributed by atoms with Crippen LogP contribution in [-0.4, -0.2) is 68.0 Å². The number of aromatic hydroxyl groups is 1. The standard InChI is InChI=1S/C29H42N2O8/c1-16-11-20-14-21(15-22(32)27(20)38-7)31-28(34)17(2)9-8-10-23(36-5)26(39-29(30)35)19(4)13-18(3)25(33)24(12-16)37-6/h8-10,13-16,18,23-26,32-33H,11-12H2,1-7H3,(H2,30,35)(H,31,34)/b10-8-,17-9+,19-13+/t16-,18+,23+,24+,25-,26+/m1/s1. The minimum Gasteiger partial charge on any atom is -0.504 e. The van der Waals surface area contributed by atoms with Gasteiger partial charge in [-0.15, -0.1) is 0 Å². The third kappa shape index (κ3) is 8.84. The number of nitrogens with one attached hydrogen (secondary N) is 1. The Morgan fingerprint density at radius 2 is 1.82 bits per heavy atom. The van der Waals surface area contributed by atoms with Gasteiger partial charge in [-0.2, -0.15) is 0 Å². The number of methoxy groups -OCH3 is 3. The Balaban J connectivity index is 2.59. The van der Waals surface area contributed by atoms with Crippen LogP contribution in [0.4, 0.5) is 10.5 Å². The molecule has 10 heteroatoms. The van der Waals surface area contributed by atoms with E-state index in [0.29, 0.717) is 41.0 Å². The zero-order chi connectivity index (χ0) is 29.3. The van der Waals surface area contributed by atoms with Crippen LogP contribution in [0.3, 0.4) is 0 Å². The summed E-state index contributed by atoms with van der Waals surface area (Å²) in [4.78, 5) is 24.5. The number of aliphatic hydroxyl groups is 1. The maximum absolute atomic E-state index is 12.9. The second-order valence-corrected chi connectivity index (χ2v) is 10.0. The smallest absolute Gasteiger partial charge is 0.405 e. The number of aliphatic hydroxyl groups excluding tert-OH is 1. The van der Waals surface area contributed by atoms with Crippen molar-refractivity contribution >= 4 is 17.7 Å². The van der Waals surface area contributed by atoms with Gasteiger partial charge in [0.1, 0.15) is 6.10 Å². The van der Waals surface area contributed by atoms with Crippen LogP contribution in [0.2, 0.25) is 0 Å². The van der Waals surface area contributed by atoms with E-state index in [1.54, 1.807) is 45.3 Å². The quantitative estimate of drug-likeness (QED) is 0.416. The molecular formula is C29H42N2O8. The van der Waals surface area contributed by atoms with E-state index in [9.17, 15) is 19.8 Å². The Morgan fingerprint density at radius 1 is 1.13 bits per heavy atom. The maximum Gasteiger partial charge on any atom is 0.405 e. The molecule has 39 heavy (non-hydrogen) atoms. The van der Waals surface area contributed by atoms with Crippen molar-refractivity contribution in [2.75, 3.05) is 26.6 Å². The van der Waals surface area contributed by atoms with Crippen molar-refractivity contribution in [3.05, 3.63) is 53.1 Å². The fourth-order valence-corrected chi connectivity index (χ4v) is 4.77. The van der Waals surface area contributed by atoms with Gasteiger partial charge in [-0.05, 0) is 44.2 Å². The number of hydrogen-bond acceptors (Lipinski definition) is 8. The Bertz CT molecular complexity index is 1100. The lowest BCUT2D eigenvalue weighted by Gasteiger charge is -2.29. The van der Waals surface area contributed by atoms with Crippen molar-refractivity contribution < 1.29 is 38.7 Å². The molecule has 1 aromatic carbocycles. The van der Waals surface area contributed by atoms with Gasteiger partial charge in [0.15, 0.2) is 17.6 Å². The van der Waals surface area contributed by atoms with Gasteiger partial charge < -0.3 is 40.2 Å². The number of allylic oxidation sites excluding steroid dienone is 2. The highest BCUT2D eigenvalue weighted by molar-refractivity contribution is 6.03. The molecular weight excluding hydrogens is 504 g/mol. The fraction of sp³-hybridized carbons (Fsp3) is 0.517. The highest BCUT2D eigenvalue weighted by Crippen LogP contribution is 2.36. The number of benzene rings is 1. The van der Waals surface area contributed by atoms with Crippen molar-refractivity contribution in [1.29, 1.82) is 0 Å². The predicted octanol–water partition coefficient (Wildman–Crippen LogP) is 3.86. The molecule has 0 saturated carbocycles. The Kier molecular flexibility index (Phi) is 12.0. The van der Waals surface area contributed by atoms with Crippen LogP contribution in [0.1, 0.15) is 39.7 Å². The Labute approximate surface area is 230 Å². The van der Waals surface area contributed by atoms with E-state index >= 15 is 0 Å². The number of ether oxygens (including phenoxy) is 4. The molecule has 0 fully saturated rings. The van der Waals surface area contributed by atoms with Crippen LogP contribution in [-0.2, 0) is 25.4 Å². The van der Waals surface area contributed by atoms with E-state index < -0.39 is 30.5 Å². The second kappa shape index (κ2) is 14.7. The summed E-state index contributed by atoms with van der Waals surface area (Å²) in [6, 6.07) is 3.20. The van der Waals surface area contributed by atoms with E-state index in [1.807, 2.05) is 19.9 Å². The van der Waals surface area contributed by atoms with Gasteiger partial charge in [0.2, 0.25) is 0 Å².